The van der Waals surface area contributed by atoms with Gasteiger partial charge in [0.15, 0.2) is 6.10 Å². The zero-order valence-electron chi connectivity index (χ0n) is 13.5. The van der Waals surface area contributed by atoms with Gasteiger partial charge in [0.2, 0.25) is 0 Å². The van der Waals surface area contributed by atoms with Gasteiger partial charge in [-0.25, -0.2) is 9.59 Å². The van der Waals surface area contributed by atoms with E-state index in [1.165, 1.54) is 13.8 Å². The summed E-state index contributed by atoms with van der Waals surface area (Å²) in [5.74, 6) is -2.78. The topological polar surface area (TPSA) is 92.7 Å². The molecular formula is C15H23NO6. The molecule has 0 aromatic heterocycles. The smallest absolute Gasteiger partial charge is 0.333 e. The molecule has 0 fully saturated rings. The van der Waals surface area contributed by atoms with Crippen LogP contribution in [0.4, 0.5) is 0 Å². The van der Waals surface area contributed by atoms with E-state index in [-0.39, 0.29) is 28.8 Å². The van der Waals surface area contributed by atoms with Crippen molar-refractivity contribution in [1.82, 2.24) is 0 Å². The number of carbonyl (C=O) groups is 3. The zero-order chi connectivity index (χ0) is 17.5. The molecule has 0 amide bonds. The van der Waals surface area contributed by atoms with Crippen molar-refractivity contribution in [2.45, 2.75) is 20.0 Å². The van der Waals surface area contributed by atoms with Crippen LogP contribution in [0.5, 0.6) is 0 Å². The van der Waals surface area contributed by atoms with Gasteiger partial charge in [-0.15, -0.1) is 0 Å². The molecule has 1 atom stereocenters. The summed E-state index contributed by atoms with van der Waals surface area (Å²) in [6, 6.07) is 0. The second-order valence-corrected chi connectivity index (χ2v) is 5.75. The van der Waals surface area contributed by atoms with Gasteiger partial charge in [-0.3, -0.25) is 0 Å². The fourth-order valence-electron chi connectivity index (χ4n) is 1.44. The molecule has 22 heavy (non-hydrogen) atoms. The monoisotopic (exact) mass is 313 g/mol. The summed E-state index contributed by atoms with van der Waals surface area (Å²) in [4.78, 5) is 33.8. The Morgan fingerprint density at radius 2 is 1.59 bits per heavy atom. The van der Waals surface area contributed by atoms with Gasteiger partial charge in [0, 0.05) is 11.1 Å². The maximum Gasteiger partial charge on any atom is 0.333 e. The predicted octanol–water partition coefficient (Wildman–Crippen LogP) is -0.580. The van der Waals surface area contributed by atoms with Crippen LogP contribution in [0.15, 0.2) is 24.3 Å². The van der Waals surface area contributed by atoms with Crippen LogP contribution in [0.3, 0.4) is 0 Å². The third-order valence-electron chi connectivity index (χ3n) is 2.80. The van der Waals surface area contributed by atoms with Crippen LogP contribution in [0.2, 0.25) is 0 Å². The van der Waals surface area contributed by atoms with Crippen LogP contribution in [-0.2, 0) is 23.9 Å². The highest BCUT2D eigenvalue weighted by Gasteiger charge is 2.26. The number of carboxylic acid groups (broad SMARTS) is 1. The Kier molecular flexibility index (Phi) is 7.52. The van der Waals surface area contributed by atoms with Crippen molar-refractivity contribution in [2.24, 2.45) is 0 Å². The standard InChI is InChI=1S/C15H23NO6/c1-10(2)14(19)21-8-7-16(5,6)9-12(13(17)18)22-15(20)11(3)4/h12H,1,3,7-9H2,2,4-6H3. The normalized spacial score (nSPS) is 12.2. The van der Waals surface area contributed by atoms with E-state index in [1.54, 1.807) is 14.1 Å². The molecule has 0 heterocycles. The third kappa shape index (κ3) is 7.58. The second kappa shape index (κ2) is 8.33. The number of likely N-dealkylation sites (N-methyl/N-ethyl adjacent to an activating group) is 1. The Bertz CT molecular complexity index is 480. The molecule has 0 aromatic carbocycles. The number of rotatable bonds is 9. The van der Waals surface area contributed by atoms with Crippen LogP contribution in [0.25, 0.3) is 0 Å². The van der Waals surface area contributed by atoms with Crippen LogP contribution in [0, 0.1) is 0 Å². The molecule has 0 bridgehead atoms. The van der Waals surface area contributed by atoms with E-state index in [1.807, 2.05) is 0 Å². The number of aliphatic carboxylic acids is 1. The molecule has 0 radical (unpaired) electrons. The Labute approximate surface area is 130 Å². The van der Waals surface area contributed by atoms with E-state index in [0.717, 1.165) is 0 Å². The molecule has 0 aliphatic carbocycles. The lowest BCUT2D eigenvalue weighted by molar-refractivity contribution is -0.892. The number of carbonyl (C=O) groups excluding carboxylic acids is 3. The van der Waals surface area contributed by atoms with E-state index < -0.39 is 24.0 Å². The molecule has 0 saturated carbocycles. The predicted molar refractivity (Wildman–Crippen MR) is 77.3 cm³/mol. The van der Waals surface area contributed by atoms with Gasteiger partial charge in [0.25, 0.3) is 0 Å². The number of hydrogen-bond donors (Lipinski definition) is 0. The number of quaternary nitrogens is 1. The van der Waals surface area contributed by atoms with Crippen molar-refractivity contribution < 1.29 is 33.4 Å². The highest BCUT2D eigenvalue weighted by Crippen LogP contribution is 2.06. The quantitative estimate of drug-likeness (QED) is 0.321. The minimum Gasteiger partial charge on any atom is -0.546 e. The largest absolute Gasteiger partial charge is 0.546 e. The summed E-state index contributed by atoms with van der Waals surface area (Å²) in [6.45, 7) is 10.2. The van der Waals surface area contributed by atoms with Gasteiger partial charge in [-0.1, -0.05) is 13.2 Å². The van der Waals surface area contributed by atoms with Gasteiger partial charge in [-0.05, 0) is 13.8 Å². The number of carboxylic acids is 1. The molecule has 1 unspecified atom stereocenters. The lowest BCUT2D eigenvalue weighted by Crippen LogP contribution is -2.53. The van der Waals surface area contributed by atoms with Gasteiger partial charge in [-0.2, -0.15) is 0 Å². The van der Waals surface area contributed by atoms with Crippen molar-refractivity contribution in [3.8, 4) is 0 Å². The number of esters is 2. The SMILES string of the molecule is C=C(C)C(=O)OCC[N+](C)(C)CC(OC(=O)C(=C)C)C(=O)[O-]. The number of nitrogens with zero attached hydrogens (tertiary/aromatic N) is 1. The first-order chi connectivity index (χ1) is 9.96. The first-order valence-electron chi connectivity index (χ1n) is 6.68. The lowest BCUT2D eigenvalue weighted by atomic mass is 10.2. The van der Waals surface area contributed by atoms with Crippen molar-refractivity contribution in [1.29, 1.82) is 0 Å². The zero-order valence-corrected chi connectivity index (χ0v) is 13.5. The molecule has 0 rings (SSSR count). The summed E-state index contributed by atoms with van der Waals surface area (Å²) < 4.78 is 9.96. The third-order valence-corrected chi connectivity index (χ3v) is 2.80. The fourth-order valence-corrected chi connectivity index (χ4v) is 1.44. The second-order valence-electron chi connectivity index (χ2n) is 5.75. The van der Waals surface area contributed by atoms with Gasteiger partial charge < -0.3 is 23.9 Å². The van der Waals surface area contributed by atoms with Crippen LogP contribution < -0.4 is 5.11 Å². The molecule has 0 N–H and O–H groups in total. The highest BCUT2D eigenvalue weighted by molar-refractivity contribution is 5.89. The van der Waals surface area contributed by atoms with Crippen molar-refractivity contribution in [2.75, 3.05) is 33.8 Å². The summed E-state index contributed by atoms with van der Waals surface area (Å²) in [6.07, 6.45) is -1.41. The van der Waals surface area contributed by atoms with E-state index in [4.69, 9.17) is 9.47 Å². The van der Waals surface area contributed by atoms with Gasteiger partial charge >= 0.3 is 11.9 Å². The fraction of sp³-hybridized carbons (Fsp3) is 0.533. The van der Waals surface area contributed by atoms with E-state index >= 15 is 0 Å². The minimum absolute atomic E-state index is 0.0218. The molecule has 0 aromatic rings. The molecule has 7 heteroatoms. The average molecular weight is 313 g/mol. The Morgan fingerprint density at radius 3 is 2.00 bits per heavy atom. The molecule has 0 aliphatic heterocycles. The molecule has 124 valence electrons. The maximum absolute atomic E-state index is 11.4. The average Bonchev–Trinajstić information content (AvgIpc) is 2.36. The maximum atomic E-state index is 11.4. The highest BCUT2D eigenvalue weighted by atomic mass is 16.6. The van der Waals surface area contributed by atoms with Gasteiger partial charge in [0.1, 0.15) is 19.7 Å². The van der Waals surface area contributed by atoms with Crippen molar-refractivity contribution in [3.63, 3.8) is 0 Å². The minimum atomic E-state index is -1.49. The lowest BCUT2D eigenvalue weighted by Gasteiger charge is -2.33. The first-order valence-corrected chi connectivity index (χ1v) is 6.68. The first kappa shape index (κ1) is 19.9. The van der Waals surface area contributed by atoms with Crippen molar-refractivity contribution in [3.05, 3.63) is 24.3 Å². The van der Waals surface area contributed by atoms with E-state index in [0.29, 0.717) is 6.54 Å². The Balaban J connectivity index is 4.58. The summed E-state index contributed by atoms with van der Waals surface area (Å²) in [5, 5.41) is 11.1. The van der Waals surface area contributed by atoms with Crippen molar-refractivity contribution >= 4 is 17.9 Å². The number of hydrogen-bond acceptors (Lipinski definition) is 6. The molecule has 0 saturated heterocycles. The molecule has 0 spiro atoms. The van der Waals surface area contributed by atoms with E-state index in [9.17, 15) is 19.5 Å². The van der Waals surface area contributed by atoms with Crippen LogP contribution in [0.1, 0.15) is 13.8 Å². The molecule has 0 aliphatic rings. The summed E-state index contributed by atoms with van der Waals surface area (Å²) in [5.41, 5.74) is 0.389. The summed E-state index contributed by atoms with van der Waals surface area (Å²) >= 11 is 0. The molecule has 7 nitrogen and oxygen atoms in total. The Hall–Kier alpha value is -2.15. The van der Waals surface area contributed by atoms with Crippen LogP contribution in [-0.4, -0.2) is 62.3 Å². The van der Waals surface area contributed by atoms with Crippen LogP contribution >= 0.6 is 0 Å². The van der Waals surface area contributed by atoms with Gasteiger partial charge in [0.05, 0.1) is 20.1 Å². The number of ether oxygens (including phenoxy) is 2. The molecular weight excluding hydrogens is 290 g/mol. The van der Waals surface area contributed by atoms with E-state index in [2.05, 4.69) is 13.2 Å². The summed E-state index contributed by atoms with van der Waals surface area (Å²) in [7, 11) is 3.44. The Morgan fingerprint density at radius 1 is 1.09 bits per heavy atom.